The molecule has 3 rings (SSSR count). The zero-order valence-electron chi connectivity index (χ0n) is 11.5. The van der Waals surface area contributed by atoms with Crippen LogP contribution in [0.2, 0.25) is 0 Å². The summed E-state index contributed by atoms with van der Waals surface area (Å²) in [4.78, 5) is 12.6. The third-order valence-corrected chi connectivity index (χ3v) is 8.21. The Bertz CT molecular complexity index is 426. The van der Waals surface area contributed by atoms with E-state index in [0.717, 1.165) is 25.7 Å². The molecule has 2 bridgehead atoms. The molecular weight excluding hydrogens is 260 g/mol. The Morgan fingerprint density at radius 3 is 1.79 bits per heavy atom. The van der Waals surface area contributed by atoms with Crippen LogP contribution in [0.4, 0.5) is 0 Å². The van der Waals surface area contributed by atoms with Crippen molar-refractivity contribution in [1.82, 2.24) is 0 Å². The lowest BCUT2D eigenvalue weighted by molar-refractivity contribution is -0.127. The fourth-order valence-corrected chi connectivity index (χ4v) is 6.81. The van der Waals surface area contributed by atoms with Gasteiger partial charge in [-0.05, 0) is 38.5 Å². The minimum absolute atomic E-state index is 0.0455. The zero-order valence-corrected chi connectivity index (χ0v) is 12.3. The van der Waals surface area contributed by atoms with Crippen LogP contribution in [0.15, 0.2) is 0 Å². The zero-order chi connectivity index (χ0) is 13.5. The number of Topliss-reactive ketones (excluding diaryl/α,β-unsaturated/α-hetero) is 1. The van der Waals surface area contributed by atoms with E-state index < -0.39 is 9.84 Å². The van der Waals surface area contributed by atoms with Crippen LogP contribution >= 0.6 is 0 Å². The molecule has 1 aliphatic carbocycles. The third-order valence-electron chi connectivity index (χ3n) is 5.49. The van der Waals surface area contributed by atoms with Crippen molar-refractivity contribution >= 4 is 15.6 Å². The molecule has 2 atom stereocenters. The van der Waals surface area contributed by atoms with Crippen LogP contribution < -0.4 is 0 Å². The van der Waals surface area contributed by atoms with E-state index >= 15 is 0 Å². The predicted octanol–water partition coefficient (Wildman–Crippen LogP) is 2.88. The normalized spacial score (nSPS) is 38.8. The third kappa shape index (κ3) is 2.48. The molecule has 0 aromatic carbocycles. The van der Waals surface area contributed by atoms with Crippen molar-refractivity contribution in [2.75, 3.05) is 0 Å². The first-order valence-corrected chi connectivity index (χ1v) is 9.46. The Kier molecular flexibility index (Phi) is 3.71. The lowest BCUT2D eigenvalue weighted by atomic mass is 9.83. The van der Waals surface area contributed by atoms with Crippen LogP contribution in [0.25, 0.3) is 0 Å². The van der Waals surface area contributed by atoms with Gasteiger partial charge < -0.3 is 0 Å². The van der Waals surface area contributed by atoms with Gasteiger partial charge in [0, 0.05) is 11.8 Å². The summed E-state index contributed by atoms with van der Waals surface area (Å²) < 4.78 is 24.1. The van der Waals surface area contributed by atoms with Crippen LogP contribution in [0, 0.1) is 11.8 Å². The summed E-state index contributed by atoms with van der Waals surface area (Å²) in [6.07, 6.45) is 9.77. The molecule has 1 saturated carbocycles. The Morgan fingerprint density at radius 1 is 0.737 bits per heavy atom. The molecule has 2 unspecified atom stereocenters. The van der Waals surface area contributed by atoms with E-state index in [9.17, 15) is 13.2 Å². The standard InChI is InChI=1S/C15H24O3S/c16-15(11-5-3-1-2-4-6-11)12-9-13-7-8-14(10-12)19(13,17)18/h11-14H,1-10H2. The molecule has 2 heterocycles. The quantitative estimate of drug-likeness (QED) is 0.733. The van der Waals surface area contributed by atoms with Gasteiger partial charge in [0.1, 0.15) is 5.78 Å². The second-order valence-corrected chi connectivity index (χ2v) is 9.18. The molecule has 0 aromatic heterocycles. The summed E-state index contributed by atoms with van der Waals surface area (Å²) in [5, 5.41) is -0.406. The second kappa shape index (κ2) is 5.19. The van der Waals surface area contributed by atoms with Crippen LogP contribution in [-0.2, 0) is 14.6 Å². The van der Waals surface area contributed by atoms with E-state index in [1.54, 1.807) is 0 Å². The van der Waals surface area contributed by atoms with Crippen molar-refractivity contribution in [2.45, 2.75) is 74.7 Å². The van der Waals surface area contributed by atoms with Gasteiger partial charge in [-0.2, -0.15) is 0 Å². The van der Waals surface area contributed by atoms with Crippen LogP contribution in [0.3, 0.4) is 0 Å². The molecule has 3 aliphatic rings. The summed E-state index contributed by atoms with van der Waals surface area (Å²) >= 11 is 0. The molecule has 2 saturated heterocycles. The van der Waals surface area contributed by atoms with Gasteiger partial charge in [0.05, 0.1) is 10.5 Å². The van der Waals surface area contributed by atoms with Crippen LogP contribution in [-0.4, -0.2) is 24.7 Å². The average Bonchev–Trinajstić information content (AvgIpc) is 2.69. The largest absolute Gasteiger partial charge is 0.299 e. The number of hydrogen-bond acceptors (Lipinski definition) is 3. The molecule has 0 aromatic rings. The van der Waals surface area contributed by atoms with E-state index in [-0.39, 0.29) is 22.3 Å². The number of rotatable bonds is 2. The van der Waals surface area contributed by atoms with Gasteiger partial charge in [0.25, 0.3) is 0 Å². The van der Waals surface area contributed by atoms with Crippen LogP contribution in [0.5, 0.6) is 0 Å². The molecule has 0 radical (unpaired) electrons. The number of carbonyl (C=O) groups is 1. The predicted molar refractivity (Wildman–Crippen MR) is 74.7 cm³/mol. The number of carbonyl (C=O) groups excluding carboxylic acids is 1. The average molecular weight is 284 g/mol. The first kappa shape index (κ1) is 13.6. The number of fused-ring (bicyclic) bond motifs is 2. The van der Waals surface area contributed by atoms with Crippen molar-refractivity contribution in [1.29, 1.82) is 0 Å². The molecule has 0 amide bonds. The van der Waals surface area contributed by atoms with Gasteiger partial charge in [-0.15, -0.1) is 0 Å². The summed E-state index contributed by atoms with van der Waals surface area (Å²) in [7, 11) is -2.89. The second-order valence-electron chi connectivity index (χ2n) is 6.67. The van der Waals surface area contributed by atoms with E-state index in [1.807, 2.05) is 0 Å². The fraction of sp³-hybridized carbons (Fsp3) is 0.933. The molecule has 4 heteroatoms. The van der Waals surface area contributed by atoms with Gasteiger partial charge in [-0.1, -0.05) is 25.7 Å². The van der Waals surface area contributed by atoms with Gasteiger partial charge >= 0.3 is 0 Å². The smallest absolute Gasteiger partial charge is 0.156 e. The van der Waals surface area contributed by atoms with E-state index in [4.69, 9.17) is 0 Å². The van der Waals surface area contributed by atoms with Crippen molar-refractivity contribution in [3.05, 3.63) is 0 Å². The highest BCUT2D eigenvalue weighted by atomic mass is 32.2. The first-order chi connectivity index (χ1) is 9.09. The highest BCUT2D eigenvalue weighted by Crippen LogP contribution is 2.43. The lowest BCUT2D eigenvalue weighted by Crippen LogP contribution is -2.38. The van der Waals surface area contributed by atoms with Gasteiger partial charge in [-0.25, -0.2) is 8.42 Å². The summed E-state index contributed by atoms with van der Waals surface area (Å²) in [5.74, 6) is 0.672. The van der Waals surface area contributed by atoms with Crippen molar-refractivity contribution in [2.24, 2.45) is 11.8 Å². The summed E-state index contributed by atoms with van der Waals surface area (Å²) in [6.45, 7) is 0. The lowest BCUT2D eigenvalue weighted by Gasteiger charge is -2.29. The molecular formula is C15H24O3S. The Morgan fingerprint density at radius 2 is 1.26 bits per heavy atom. The molecule has 0 N–H and O–H groups in total. The SMILES string of the molecule is O=C(C1CCCCCC1)C1CC2CCC(C1)S2(=O)=O. The molecule has 19 heavy (non-hydrogen) atoms. The summed E-state index contributed by atoms with van der Waals surface area (Å²) in [5.41, 5.74) is 0. The Hall–Kier alpha value is -0.380. The van der Waals surface area contributed by atoms with E-state index in [1.165, 1.54) is 25.7 Å². The summed E-state index contributed by atoms with van der Waals surface area (Å²) in [6, 6.07) is 0. The molecule has 3 fully saturated rings. The highest BCUT2D eigenvalue weighted by Gasteiger charge is 2.49. The first-order valence-electron chi connectivity index (χ1n) is 7.85. The number of hydrogen-bond donors (Lipinski definition) is 0. The molecule has 108 valence electrons. The fourth-order valence-electron chi connectivity index (χ4n) is 4.34. The van der Waals surface area contributed by atoms with Crippen LogP contribution in [0.1, 0.15) is 64.2 Å². The van der Waals surface area contributed by atoms with Crippen molar-refractivity contribution < 1.29 is 13.2 Å². The van der Waals surface area contributed by atoms with Crippen molar-refractivity contribution in [3.63, 3.8) is 0 Å². The van der Waals surface area contributed by atoms with Gasteiger partial charge in [0.2, 0.25) is 0 Å². The Labute approximate surface area is 116 Å². The maximum Gasteiger partial charge on any atom is 0.156 e. The Balaban J connectivity index is 1.69. The van der Waals surface area contributed by atoms with Gasteiger partial charge in [-0.3, -0.25) is 4.79 Å². The van der Waals surface area contributed by atoms with E-state index in [2.05, 4.69) is 0 Å². The molecule has 0 spiro atoms. The van der Waals surface area contributed by atoms with Crippen molar-refractivity contribution in [3.8, 4) is 0 Å². The maximum absolute atomic E-state index is 12.6. The molecule has 3 nitrogen and oxygen atoms in total. The minimum Gasteiger partial charge on any atom is -0.299 e. The monoisotopic (exact) mass is 284 g/mol. The van der Waals surface area contributed by atoms with E-state index in [0.29, 0.717) is 18.6 Å². The highest BCUT2D eigenvalue weighted by molar-refractivity contribution is 7.93. The van der Waals surface area contributed by atoms with Gasteiger partial charge in [0.15, 0.2) is 9.84 Å². The minimum atomic E-state index is -2.89. The number of sulfone groups is 1. The number of ketones is 1. The molecule has 2 aliphatic heterocycles. The topological polar surface area (TPSA) is 51.2 Å². The maximum atomic E-state index is 12.6.